The molecule has 0 heterocycles. The second-order valence-electron chi connectivity index (χ2n) is 4.96. The van der Waals surface area contributed by atoms with Gasteiger partial charge in [-0.2, -0.15) is 6.07 Å². The number of hydrogen-bond donors (Lipinski definition) is 0. The maximum atomic E-state index is 2.30. The Bertz CT molecular complexity index is 442. The molecule has 0 saturated carbocycles. The summed E-state index contributed by atoms with van der Waals surface area (Å²) in [7, 11) is 0. The molecule has 2 aromatic carbocycles. The molecule has 0 atom stereocenters. The minimum atomic E-state index is 0. The smallest absolute Gasteiger partial charge is 0 e. The predicted octanol–water partition coefficient (Wildman–Crippen LogP) is 6.36. The Morgan fingerprint density at radius 3 is 2.25 bits per heavy atom. The van der Waals surface area contributed by atoms with Gasteiger partial charge in [0, 0.05) is 25.8 Å². The second kappa shape index (κ2) is 12.4. The van der Waals surface area contributed by atoms with Gasteiger partial charge < -0.3 is 14.9 Å². The second-order valence-corrected chi connectivity index (χ2v) is 4.96. The van der Waals surface area contributed by atoms with Crippen molar-refractivity contribution in [3.05, 3.63) is 56.8 Å². The molecule has 0 fully saturated rings. The Hall–Kier alpha value is -0.300. The van der Waals surface area contributed by atoms with Gasteiger partial charge in [0.2, 0.25) is 0 Å². The van der Waals surface area contributed by atoms with Gasteiger partial charge in [0.15, 0.2) is 0 Å². The average Bonchev–Trinajstić information content (AvgIpc) is 2.77. The third-order valence-electron chi connectivity index (χ3n) is 3.57. The van der Waals surface area contributed by atoms with E-state index in [1.165, 1.54) is 61.3 Å². The van der Waals surface area contributed by atoms with Crippen LogP contribution in [0.3, 0.4) is 0 Å². The van der Waals surface area contributed by atoms with Crippen LogP contribution in [0.15, 0.2) is 36.4 Å². The maximum Gasteiger partial charge on any atom is 0 e. The van der Waals surface area contributed by atoms with E-state index in [1.807, 2.05) is 0 Å². The zero-order valence-corrected chi connectivity index (χ0v) is 17.0. The molecule has 2 rings (SSSR count). The van der Waals surface area contributed by atoms with Crippen LogP contribution >= 0.6 is 0 Å². The van der Waals surface area contributed by atoms with Gasteiger partial charge in [0.25, 0.3) is 0 Å². The molecule has 1 heteroatoms. The number of aryl methyl sites for hydroxylation is 1. The van der Waals surface area contributed by atoms with E-state index in [-0.39, 0.29) is 40.7 Å². The molecule has 0 amide bonds. The van der Waals surface area contributed by atoms with E-state index in [0.29, 0.717) is 0 Å². The fraction of sp³-hybridized carbons (Fsp3) is 0.421. The van der Waals surface area contributed by atoms with Gasteiger partial charge in [-0.25, -0.2) is 0 Å². The number of fused-ring (bicyclic) bond motifs is 1. The molecule has 0 aliphatic heterocycles. The van der Waals surface area contributed by atoms with Crippen LogP contribution in [-0.2, 0) is 32.3 Å². The first-order chi connectivity index (χ1) is 8.42. The average molecular weight is 436 g/mol. The first-order valence-corrected chi connectivity index (χ1v) is 7.05. The SMILES string of the molecule is CCCCCCCC[c-]1ccc2ccccc21.[CH3-].[CH3-].[Hf]. The van der Waals surface area contributed by atoms with Crippen LogP contribution < -0.4 is 0 Å². The van der Waals surface area contributed by atoms with Crippen LogP contribution in [0.1, 0.15) is 51.0 Å². The Kier molecular flexibility index (Phi) is 13.7. The number of hydrogen-bond acceptors (Lipinski definition) is 0. The topological polar surface area (TPSA) is 0 Å². The summed E-state index contributed by atoms with van der Waals surface area (Å²) in [6.07, 6.45) is 9.55. The monoisotopic (exact) mass is 437 g/mol. The Balaban J connectivity index is 0. The summed E-state index contributed by atoms with van der Waals surface area (Å²) < 4.78 is 0. The van der Waals surface area contributed by atoms with Gasteiger partial charge in [-0.05, 0) is 0 Å². The maximum absolute atomic E-state index is 2.30. The van der Waals surface area contributed by atoms with Crippen molar-refractivity contribution in [2.24, 2.45) is 0 Å². The molecule has 0 aliphatic carbocycles. The molecule has 2 aromatic rings. The molecule has 0 N–H and O–H groups in total. The van der Waals surface area contributed by atoms with Crippen LogP contribution in [0.5, 0.6) is 0 Å². The van der Waals surface area contributed by atoms with Gasteiger partial charge in [-0.15, -0.1) is 40.6 Å². The first-order valence-electron chi connectivity index (χ1n) is 7.05. The van der Waals surface area contributed by atoms with Crippen molar-refractivity contribution in [2.45, 2.75) is 51.9 Å². The normalized spacial score (nSPS) is 9.45. The summed E-state index contributed by atoms with van der Waals surface area (Å²) in [5, 5.41) is 2.86. The molecule has 0 aliphatic rings. The quantitative estimate of drug-likeness (QED) is 0.269. The molecule has 0 aromatic heterocycles. The van der Waals surface area contributed by atoms with Crippen molar-refractivity contribution in [1.29, 1.82) is 0 Å². The van der Waals surface area contributed by atoms with E-state index in [2.05, 4.69) is 43.3 Å². The number of unbranched alkanes of at least 4 members (excludes halogenated alkanes) is 5. The minimum Gasteiger partial charge on any atom is -0.358 e. The van der Waals surface area contributed by atoms with Gasteiger partial charge in [-0.3, -0.25) is 0 Å². The van der Waals surface area contributed by atoms with Crippen LogP contribution in [-0.4, -0.2) is 0 Å². The molecule has 0 unspecified atom stereocenters. The summed E-state index contributed by atoms with van der Waals surface area (Å²) in [5.74, 6) is 0. The van der Waals surface area contributed by atoms with E-state index < -0.39 is 0 Å². The van der Waals surface area contributed by atoms with Crippen molar-refractivity contribution in [3.8, 4) is 0 Å². The summed E-state index contributed by atoms with van der Waals surface area (Å²) >= 11 is 0. The molecule has 0 bridgehead atoms. The molecule has 0 nitrogen and oxygen atoms in total. The number of rotatable bonds is 7. The Morgan fingerprint density at radius 1 is 0.850 bits per heavy atom. The Labute approximate surface area is 145 Å². The minimum absolute atomic E-state index is 0. The van der Waals surface area contributed by atoms with Crippen molar-refractivity contribution < 1.29 is 25.8 Å². The van der Waals surface area contributed by atoms with Gasteiger partial charge in [0.05, 0.1) is 0 Å². The molecule has 0 saturated heterocycles. The van der Waals surface area contributed by atoms with Crippen molar-refractivity contribution in [1.82, 2.24) is 0 Å². The zero-order chi connectivity index (χ0) is 11.9. The van der Waals surface area contributed by atoms with Crippen LogP contribution in [0.4, 0.5) is 0 Å². The third-order valence-corrected chi connectivity index (χ3v) is 3.57. The summed E-state index contributed by atoms with van der Waals surface area (Å²) in [6, 6.07) is 13.3. The van der Waals surface area contributed by atoms with E-state index in [9.17, 15) is 0 Å². The first kappa shape index (κ1) is 22.0. The molecule has 0 radical (unpaired) electrons. The van der Waals surface area contributed by atoms with Gasteiger partial charge in [-0.1, -0.05) is 57.9 Å². The zero-order valence-electron chi connectivity index (χ0n) is 13.4. The fourth-order valence-corrected chi connectivity index (χ4v) is 2.53. The summed E-state index contributed by atoms with van der Waals surface area (Å²) in [4.78, 5) is 0. The van der Waals surface area contributed by atoms with Crippen LogP contribution in [0.2, 0.25) is 0 Å². The van der Waals surface area contributed by atoms with E-state index in [4.69, 9.17) is 0 Å². The number of benzene rings is 1. The summed E-state index contributed by atoms with van der Waals surface area (Å²) in [5.41, 5.74) is 1.54. The van der Waals surface area contributed by atoms with Crippen molar-refractivity contribution in [3.63, 3.8) is 0 Å². The molecule has 0 spiro atoms. The van der Waals surface area contributed by atoms with Crippen molar-refractivity contribution >= 4 is 10.8 Å². The molecular weight excluding hydrogens is 407 g/mol. The molecule has 20 heavy (non-hydrogen) atoms. The van der Waals surface area contributed by atoms with E-state index >= 15 is 0 Å². The van der Waals surface area contributed by atoms with Gasteiger partial charge >= 0.3 is 0 Å². The van der Waals surface area contributed by atoms with Crippen LogP contribution in [0.25, 0.3) is 10.8 Å². The molecular formula is C19H29Hf-3. The predicted molar refractivity (Wildman–Crippen MR) is 89.4 cm³/mol. The standard InChI is InChI=1S/C17H23.2CH3.Hf/c1-2-3-4-5-6-7-10-15-13-14-16-11-8-9-12-17(15)16;;;/h8-9,11-14H,2-7,10H2,1H3;2*1H3;/q3*-1;. The molecule has 112 valence electrons. The summed E-state index contributed by atoms with van der Waals surface area (Å²) in [6.45, 7) is 2.27. The van der Waals surface area contributed by atoms with E-state index in [0.717, 1.165) is 0 Å². The largest absolute Gasteiger partial charge is 0.358 e. The fourth-order valence-electron chi connectivity index (χ4n) is 2.53. The van der Waals surface area contributed by atoms with Crippen molar-refractivity contribution in [2.75, 3.05) is 0 Å². The Morgan fingerprint density at radius 2 is 1.50 bits per heavy atom. The van der Waals surface area contributed by atoms with Crippen LogP contribution in [0, 0.1) is 14.9 Å². The third kappa shape index (κ3) is 6.43. The van der Waals surface area contributed by atoms with Gasteiger partial charge in [0.1, 0.15) is 0 Å². The van der Waals surface area contributed by atoms with E-state index in [1.54, 1.807) is 0 Å².